The summed E-state index contributed by atoms with van der Waals surface area (Å²) in [4.78, 5) is 23.6. The first kappa shape index (κ1) is 27.0. The van der Waals surface area contributed by atoms with Crippen molar-refractivity contribution in [2.24, 2.45) is 52.3 Å². The second-order valence-corrected chi connectivity index (χ2v) is 13.9. The number of carbonyl (C=O) groups is 2. The third-order valence-corrected chi connectivity index (χ3v) is 11.7. The first-order valence-electron chi connectivity index (χ1n) is 15.0. The number of rotatable bonds is 9. The van der Waals surface area contributed by atoms with E-state index in [1.54, 1.807) is 0 Å². The maximum absolute atomic E-state index is 12.6. The Balaban J connectivity index is 1.48. The van der Waals surface area contributed by atoms with Crippen LogP contribution < -0.4 is 0 Å². The molecule has 35 heavy (non-hydrogen) atoms. The second kappa shape index (κ2) is 10.7. The third kappa shape index (κ3) is 5.19. The molecule has 4 rings (SSSR count). The van der Waals surface area contributed by atoms with E-state index < -0.39 is 5.97 Å². The Morgan fingerprint density at radius 3 is 2.40 bits per heavy atom. The van der Waals surface area contributed by atoms with Gasteiger partial charge in [0.05, 0.1) is 12.8 Å². The van der Waals surface area contributed by atoms with Crippen molar-refractivity contribution in [3.63, 3.8) is 0 Å². The number of carboxylic acids is 1. The molecule has 200 valence electrons. The Hall–Kier alpha value is -1.06. The number of carbonyl (C=O) groups excluding carboxylic acids is 1. The van der Waals surface area contributed by atoms with Gasteiger partial charge in [-0.15, -0.1) is 0 Å². The molecule has 0 spiro atoms. The van der Waals surface area contributed by atoms with Crippen LogP contribution in [0.5, 0.6) is 0 Å². The summed E-state index contributed by atoms with van der Waals surface area (Å²) >= 11 is 0. The van der Waals surface area contributed by atoms with Crippen LogP contribution in [0.25, 0.3) is 0 Å². The average Bonchev–Trinajstić information content (AvgIpc) is 3.15. The summed E-state index contributed by atoms with van der Waals surface area (Å²) in [6.45, 7) is 12.3. The average molecular weight is 489 g/mol. The predicted molar refractivity (Wildman–Crippen MR) is 140 cm³/mol. The summed E-state index contributed by atoms with van der Waals surface area (Å²) < 4.78 is 6.12. The smallest absolute Gasteiger partial charge is 0.306 e. The van der Waals surface area contributed by atoms with E-state index in [1.165, 1.54) is 64.2 Å². The van der Waals surface area contributed by atoms with Crippen LogP contribution in [0.4, 0.5) is 0 Å². The number of hydrogen-bond donors (Lipinski definition) is 1. The van der Waals surface area contributed by atoms with Crippen LogP contribution >= 0.6 is 0 Å². The van der Waals surface area contributed by atoms with E-state index in [1.807, 2.05) is 0 Å². The molecule has 4 aliphatic rings. The Kier molecular flexibility index (Phi) is 8.28. The highest BCUT2D eigenvalue weighted by molar-refractivity contribution is 5.76. The lowest BCUT2D eigenvalue weighted by atomic mass is 9.44. The Bertz CT molecular complexity index is 761. The largest absolute Gasteiger partial charge is 0.481 e. The molecular formula is C31H52O4. The molecule has 4 aliphatic carbocycles. The van der Waals surface area contributed by atoms with Crippen LogP contribution in [0.2, 0.25) is 0 Å². The highest BCUT2D eigenvalue weighted by Gasteiger charge is 2.62. The van der Waals surface area contributed by atoms with Crippen LogP contribution in [0, 0.1) is 52.3 Å². The summed E-state index contributed by atoms with van der Waals surface area (Å²) in [5, 5.41) is 9.00. The molecule has 0 bridgehead atoms. The minimum Gasteiger partial charge on any atom is -0.481 e. The van der Waals surface area contributed by atoms with E-state index in [-0.39, 0.29) is 30.3 Å². The first-order valence-corrected chi connectivity index (χ1v) is 15.0. The van der Waals surface area contributed by atoms with Gasteiger partial charge in [-0.25, -0.2) is 0 Å². The van der Waals surface area contributed by atoms with Gasteiger partial charge in [-0.3, -0.25) is 9.59 Å². The van der Waals surface area contributed by atoms with E-state index in [4.69, 9.17) is 9.84 Å². The molecule has 4 nitrogen and oxygen atoms in total. The van der Waals surface area contributed by atoms with Gasteiger partial charge in [-0.2, -0.15) is 0 Å². The quantitative estimate of drug-likeness (QED) is 0.335. The summed E-state index contributed by atoms with van der Waals surface area (Å²) in [6.07, 6.45) is 15.3. The lowest BCUT2D eigenvalue weighted by molar-refractivity contribution is -0.192. The second-order valence-electron chi connectivity index (χ2n) is 13.9. The molecule has 0 saturated heterocycles. The van der Waals surface area contributed by atoms with Crippen molar-refractivity contribution >= 4 is 11.9 Å². The molecule has 1 N–H and O–H groups in total. The summed E-state index contributed by atoms with van der Waals surface area (Å²) in [5.41, 5.74) is 0.534. The van der Waals surface area contributed by atoms with Crippen LogP contribution in [0.3, 0.4) is 0 Å². The number of esters is 1. The zero-order valence-electron chi connectivity index (χ0n) is 23.2. The molecule has 4 fully saturated rings. The molecule has 0 aromatic carbocycles. The molecule has 9 atom stereocenters. The van der Waals surface area contributed by atoms with E-state index in [9.17, 15) is 9.59 Å². The maximum Gasteiger partial charge on any atom is 0.306 e. The van der Waals surface area contributed by atoms with Crippen molar-refractivity contribution in [1.82, 2.24) is 0 Å². The lowest BCUT2D eigenvalue weighted by Gasteiger charge is -2.62. The fourth-order valence-corrected chi connectivity index (χ4v) is 9.92. The van der Waals surface area contributed by atoms with Gasteiger partial charge in [0.15, 0.2) is 0 Å². The number of carboxylic acid groups (broad SMARTS) is 1. The van der Waals surface area contributed by atoms with Gasteiger partial charge in [-0.05, 0) is 105 Å². The molecule has 2 unspecified atom stereocenters. The minimum absolute atomic E-state index is 0.00223. The molecule has 0 aliphatic heterocycles. The fourth-order valence-electron chi connectivity index (χ4n) is 9.92. The van der Waals surface area contributed by atoms with E-state index in [0.29, 0.717) is 17.3 Å². The topological polar surface area (TPSA) is 63.6 Å². The summed E-state index contributed by atoms with van der Waals surface area (Å²) in [6, 6.07) is 0. The van der Waals surface area contributed by atoms with Gasteiger partial charge in [0.2, 0.25) is 0 Å². The molecule has 0 radical (unpaired) electrons. The molecule has 4 saturated carbocycles. The van der Waals surface area contributed by atoms with Gasteiger partial charge in [0.25, 0.3) is 0 Å². The molecule has 0 aromatic rings. The third-order valence-electron chi connectivity index (χ3n) is 11.7. The van der Waals surface area contributed by atoms with Crippen molar-refractivity contribution in [3.05, 3.63) is 0 Å². The highest BCUT2D eigenvalue weighted by atomic mass is 16.5. The molecule has 0 amide bonds. The molecular weight excluding hydrogens is 436 g/mol. The Morgan fingerprint density at radius 2 is 1.69 bits per heavy atom. The zero-order valence-corrected chi connectivity index (χ0v) is 23.2. The van der Waals surface area contributed by atoms with Crippen LogP contribution in [-0.2, 0) is 14.3 Å². The standard InChI is InChI=1S/C31H52O4/c1-20(2)8-6-9-21(3)24-14-15-25-23-13-12-22-10-7-11-27(35-29(34)17-16-28(32)33)31(22,5)26(23)18-19-30(24,25)4/h20-27H,6-19H2,1-5H3,(H,32,33)/t21-,22?,23+,24-,25+,26+,27?,30-,31+/m1/s1. The van der Waals surface area contributed by atoms with Crippen molar-refractivity contribution in [2.45, 2.75) is 131 Å². The Morgan fingerprint density at radius 1 is 0.914 bits per heavy atom. The van der Waals surface area contributed by atoms with Crippen molar-refractivity contribution in [1.29, 1.82) is 0 Å². The van der Waals surface area contributed by atoms with Crippen molar-refractivity contribution in [2.75, 3.05) is 0 Å². The monoisotopic (exact) mass is 488 g/mol. The molecule has 0 heterocycles. The number of fused-ring (bicyclic) bond motifs is 5. The van der Waals surface area contributed by atoms with Crippen LogP contribution in [0.1, 0.15) is 125 Å². The van der Waals surface area contributed by atoms with Gasteiger partial charge < -0.3 is 9.84 Å². The first-order chi connectivity index (χ1) is 16.6. The number of aliphatic carboxylic acids is 1. The minimum atomic E-state index is -0.923. The van der Waals surface area contributed by atoms with Crippen LogP contribution in [0.15, 0.2) is 0 Å². The van der Waals surface area contributed by atoms with Gasteiger partial charge >= 0.3 is 11.9 Å². The Labute approximate surface area is 214 Å². The zero-order chi connectivity index (χ0) is 25.4. The molecule has 0 aromatic heterocycles. The summed E-state index contributed by atoms with van der Waals surface area (Å²) in [7, 11) is 0. The van der Waals surface area contributed by atoms with Gasteiger partial charge in [0.1, 0.15) is 6.10 Å². The van der Waals surface area contributed by atoms with Crippen LogP contribution in [-0.4, -0.2) is 23.1 Å². The van der Waals surface area contributed by atoms with E-state index >= 15 is 0 Å². The SMILES string of the molecule is CC(C)CCC[C@@H](C)[C@H]1CC[C@H]2[C@@H]3CCC4CCCC(OC(=O)CCC(=O)O)[C@]4(C)[C@H]3CC[C@]12C. The highest BCUT2D eigenvalue weighted by Crippen LogP contribution is 2.68. The summed E-state index contributed by atoms with van der Waals surface area (Å²) in [5.74, 6) is 4.14. The normalized spacial score (nSPS) is 41.5. The van der Waals surface area contributed by atoms with E-state index in [2.05, 4.69) is 34.6 Å². The van der Waals surface area contributed by atoms with E-state index in [0.717, 1.165) is 42.4 Å². The van der Waals surface area contributed by atoms with Gasteiger partial charge in [0, 0.05) is 5.41 Å². The predicted octanol–water partition coefficient (Wildman–Crippen LogP) is 7.88. The van der Waals surface area contributed by atoms with Gasteiger partial charge in [-0.1, -0.05) is 53.9 Å². The lowest BCUT2D eigenvalue weighted by Crippen LogP contribution is -2.58. The molecule has 4 heteroatoms. The van der Waals surface area contributed by atoms with Crippen molar-refractivity contribution in [3.8, 4) is 0 Å². The number of hydrogen-bond acceptors (Lipinski definition) is 3. The number of ether oxygens (including phenoxy) is 1. The van der Waals surface area contributed by atoms with Crippen molar-refractivity contribution < 1.29 is 19.4 Å². The maximum atomic E-state index is 12.6. The fraction of sp³-hybridized carbons (Fsp3) is 0.935.